The number of hydrogen-bond donors (Lipinski definition) is 2. The first kappa shape index (κ1) is 16.5. The smallest absolute Gasteiger partial charge is 0.183 e. The number of nitrogens with two attached hydrogens (primary N) is 1. The molecule has 3 rings (SSSR count). The van der Waals surface area contributed by atoms with Crippen molar-refractivity contribution >= 4 is 21.4 Å². The Hall–Kier alpha value is -1.40. The van der Waals surface area contributed by atoms with Crippen molar-refractivity contribution in [3.63, 3.8) is 0 Å². The molecule has 0 bridgehead atoms. The van der Waals surface area contributed by atoms with Crippen molar-refractivity contribution in [1.82, 2.24) is 0 Å². The summed E-state index contributed by atoms with van der Waals surface area (Å²) in [6.45, 7) is 1.49. The molecule has 1 fully saturated rings. The molecular formula is C17H18ClNO3S. The topological polar surface area (TPSA) is 80.4 Å². The second-order valence-corrected chi connectivity index (χ2v) is 8.59. The summed E-state index contributed by atoms with van der Waals surface area (Å²) in [5.74, 6) is -0.475. The van der Waals surface area contributed by atoms with E-state index in [1.165, 1.54) is 0 Å². The Morgan fingerprint density at radius 2 is 1.87 bits per heavy atom. The molecule has 4 nitrogen and oxygen atoms in total. The lowest BCUT2D eigenvalue weighted by Crippen LogP contribution is -2.35. The van der Waals surface area contributed by atoms with Gasteiger partial charge in [0, 0.05) is 10.9 Å². The summed E-state index contributed by atoms with van der Waals surface area (Å²) in [6, 6.07) is 13.6. The number of aliphatic hydroxyl groups excluding tert-OH is 1. The van der Waals surface area contributed by atoms with Crippen molar-refractivity contribution in [2.45, 2.75) is 28.5 Å². The third-order valence-corrected chi connectivity index (χ3v) is 7.01. The first-order chi connectivity index (χ1) is 10.8. The molecule has 0 heterocycles. The molecule has 2 aromatic rings. The second-order valence-electron chi connectivity index (χ2n) is 6.08. The van der Waals surface area contributed by atoms with E-state index in [2.05, 4.69) is 0 Å². The van der Waals surface area contributed by atoms with Gasteiger partial charge in [0.2, 0.25) is 0 Å². The standard InChI is InChI=1S/C17H18ClNO3S/c1-11-5-7-14(8-6-11)23(21,22)16-15(17(16,19)10-20)12-3-2-4-13(18)9-12/h2-9,15-16,20H,10,19H2,1H3/t15-,16+,17+/m0/s1. The highest BCUT2D eigenvalue weighted by atomic mass is 35.5. The fraction of sp³-hybridized carbons (Fsp3) is 0.294. The van der Waals surface area contributed by atoms with Gasteiger partial charge in [-0.05, 0) is 36.8 Å². The molecule has 1 saturated carbocycles. The van der Waals surface area contributed by atoms with Crippen LogP contribution in [-0.4, -0.2) is 30.9 Å². The average molecular weight is 352 g/mol. The van der Waals surface area contributed by atoms with Gasteiger partial charge in [-0.1, -0.05) is 41.4 Å². The minimum absolute atomic E-state index is 0.223. The van der Waals surface area contributed by atoms with Crippen LogP contribution in [0.1, 0.15) is 17.0 Å². The van der Waals surface area contributed by atoms with Gasteiger partial charge in [0.15, 0.2) is 9.84 Å². The zero-order chi connectivity index (χ0) is 16.8. The summed E-state index contributed by atoms with van der Waals surface area (Å²) in [5.41, 5.74) is 6.72. The quantitative estimate of drug-likeness (QED) is 0.885. The number of benzene rings is 2. The van der Waals surface area contributed by atoms with Gasteiger partial charge < -0.3 is 10.8 Å². The zero-order valence-corrected chi connectivity index (χ0v) is 14.2. The van der Waals surface area contributed by atoms with Crippen LogP contribution in [0.5, 0.6) is 0 Å². The average Bonchev–Trinajstić information content (AvgIpc) is 3.15. The molecule has 23 heavy (non-hydrogen) atoms. The maximum atomic E-state index is 12.9. The first-order valence-corrected chi connectivity index (χ1v) is 9.19. The number of sulfone groups is 1. The minimum atomic E-state index is -3.64. The van der Waals surface area contributed by atoms with E-state index in [1.807, 2.05) is 6.92 Å². The molecule has 0 amide bonds. The molecule has 0 saturated heterocycles. The Labute approximate surface area is 140 Å². The third kappa shape index (κ3) is 2.68. The summed E-state index contributed by atoms with van der Waals surface area (Å²) >= 11 is 6.00. The van der Waals surface area contributed by atoms with Crippen LogP contribution in [0.25, 0.3) is 0 Å². The SMILES string of the molecule is Cc1ccc(S(=O)(=O)[C@@H]2[C@H](c3cccc(Cl)c3)[C@]2(N)CO)cc1. The van der Waals surface area contributed by atoms with Crippen molar-refractivity contribution in [2.24, 2.45) is 5.73 Å². The van der Waals surface area contributed by atoms with Crippen LogP contribution in [0, 0.1) is 6.92 Å². The number of rotatable bonds is 4. The number of halogens is 1. The normalized spacial score (nSPS) is 27.0. The van der Waals surface area contributed by atoms with E-state index in [0.717, 1.165) is 11.1 Å². The van der Waals surface area contributed by atoms with E-state index in [4.69, 9.17) is 17.3 Å². The fourth-order valence-corrected chi connectivity index (χ4v) is 5.64. The fourth-order valence-electron chi connectivity index (χ4n) is 3.14. The number of aliphatic hydroxyl groups is 1. The molecular weight excluding hydrogens is 334 g/mol. The van der Waals surface area contributed by atoms with Crippen molar-refractivity contribution in [2.75, 3.05) is 6.61 Å². The summed E-state index contributed by atoms with van der Waals surface area (Å²) < 4.78 is 25.8. The third-order valence-electron chi connectivity index (χ3n) is 4.47. The van der Waals surface area contributed by atoms with E-state index in [1.54, 1.807) is 48.5 Å². The molecule has 0 radical (unpaired) electrons. The zero-order valence-electron chi connectivity index (χ0n) is 12.6. The predicted molar refractivity (Wildman–Crippen MR) is 90.4 cm³/mol. The van der Waals surface area contributed by atoms with E-state index >= 15 is 0 Å². The van der Waals surface area contributed by atoms with Crippen molar-refractivity contribution in [3.8, 4) is 0 Å². The highest BCUT2D eigenvalue weighted by Gasteiger charge is 2.69. The summed E-state index contributed by atoms with van der Waals surface area (Å²) in [6.07, 6.45) is 0. The molecule has 0 spiro atoms. The van der Waals surface area contributed by atoms with Crippen LogP contribution >= 0.6 is 11.6 Å². The van der Waals surface area contributed by atoms with Crippen LogP contribution in [0.15, 0.2) is 53.4 Å². The van der Waals surface area contributed by atoms with Crippen LogP contribution in [0.4, 0.5) is 0 Å². The highest BCUT2D eigenvalue weighted by molar-refractivity contribution is 7.92. The Kier molecular flexibility index (Phi) is 4.01. The van der Waals surface area contributed by atoms with Gasteiger partial charge in [0.1, 0.15) is 0 Å². The largest absolute Gasteiger partial charge is 0.394 e. The lowest BCUT2D eigenvalue weighted by atomic mass is 10.1. The van der Waals surface area contributed by atoms with Gasteiger partial charge in [0.25, 0.3) is 0 Å². The van der Waals surface area contributed by atoms with Crippen molar-refractivity contribution in [3.05, 3.63) is 64.7 Å². The minimum Gasteiger partial charge on any atom is -0.394 e. The maximum absolute atomic E-state index is 12.9. The van der Waals surface area contributed by atoms with Crippen LogP contribution < -0.4 is 5.73 Å². The molecule has 3 N–H and O–H groups in total. The summed E-state index contributed by atoms with van der Waals surface area (Å²) in [4.78, 5) is 0.223. The first-order valence-electron chi connectivity index (χ1n) is 7.26. The highest BCUT2D eigenvalue weighted by Crippen LogP contribution is 2.55. The molecule has 6 heteroatoms. The van der Waals surface area contributed by atoms with Crippen LogP contribution in [0.2, 0.25) is 5.02 Å². The lowest BCUT2D eigenvalue weighted by Gasteiger charge is -2.08. The molecule has 122 valence electrons. The van der Waals surface area contributed by atoms with E-state index < -0.39 is 33.2 Å². The number of aryl methyl sites for hydroxylation is 1. The van der Waals surface area contributed by atoms with Gasteiger partial charge in [0.05, 0.1) is 22.3 Å². The van der Waals surface area contributed by atoms with Crippen LogP contribution in [-0.2, 0) is 9.84 Å². The van der Waals surface area contributed by atoms with Gasteiger partial charge in [-0.2, -0.15) is 0 Å². The van der Waals surface area contributed by atoms with E-state index in [-0.39, 0.29) is 4.90 Å². The molecule has 0 aromatic heterocycles. The van der Waals surface area contributed by atoms with Gasteiger partial charge in [-0.15, -0.1) is 0 Å². The summed E-state index contributed by atoms with van der Waals surface area (Å²) in [5, 5.41) is 9.32. The maximum Gasteiger partial charge on any atom is 0.183 e. The Morgan fingerprint density at radius 1 is 1.22 bits per heavy atom. The van der Waals surface area contributed by atoms with Crippen LogP contribution in [0.3, 0.4) is 0 Å². The predicted octanol–water partition coefficient (Wildman–Crippen LogP) is 2.28. The van der Waals surface area contributed by atoms with Gasteiger partial charge in [-0.3, -0.25) is 0 Å². The molecule has 1 aliphatic carbocycles. The lowest BCUT2D eigenvalue weighted by molar-refractivity contribution is 0.253. The Balaban J connectivity index is 2.03. The van der Waals surface area contributed by atoms with E-state index in [9.17, 15) is 13.5 Å². The molecule has 1 aliphatic rings. The number of hydrogen-bond acceptors (Lipinski definition) is 4. The molecule has 3 atom stereocenters. The second kappa shape index (κ2) is 5.60. The van der Waals surface area contributed by atoms with Gasteiger partial charge in [-0.25, -0.2) is 8.42 Å². The van der Waals surface area contributed by atoms with E-state index in [0.29, 0.717) is 5.02 Å². The Bertz CT molecular complexity index is 835. The van der Waals surface area contributed by atoms with Gasteiger partial charge >= 0.3 is 0 Å². The van der Waals surface area contributed by atoms with Crippen molar-refractivity contribution < 1.29 is 13.5 Å². The molecule has 0 aliphatic heterocycles. The van der Waals surface area contributed by atoms with Crippen molar-refractivity contribution in [1.29, 1.82) is 0 Å². The summed E-state index contributed by atoms with van der Waals surface area (Å²) in [7, 11) is -3.64. The molecule has 0 unspecified atom stereocenters. The molecule has 2 aromatic carbocycles. The Morgan fingerprint density at radius 3 is 2.43 bits per heavy atom. The monoisotopic (exact) mass is 351 g/mol.